The molecule has 0 spiro atoms. The molecule has 0 radical (unpaired) electrons. The highest BCUT2D eigenvalue weighted by Crippen LogP contribution is 2.35. The van der Waals surface area contributed by atoms with Crippen molar-refractivity contribution in [1.29, 1.82) is 0 Å². The average Bonchev–Trinajstić information content (AvgIpc) is 3.68. The fraction of sp³-hybridized carbons (Fsp3) is 0.614. The number of ketones is 1. The van der Waals surface area contributed by atoms with E-state index in [4.69, 9.17) is 14.2 Å². The molecule has 15 nitrogen and oxygen atoms in total. The second-order valence-electron chi connectivity index (χ2n) is 16.8. The van der Waals surface area contributed by atoms with Gasteiger partial charge in [0.25, 0.3) is 0 Å². The summed E-state index contributed by atoms with van der Waals surface area (Å²) in [6, 6.07) is 9.16. The van der Waals surface area contributed by atoms with Crippen molar-refractivity contribution in [3.05, 3.63) is 72.2 Å². The number of carbonyl (C=O) groups excluding carboxylic acids is 2. The zero-order valence-electron chi connectivity index (χ0n) is 35.7. The van der Waals surface area contributed by atoms with Gasteiger partial charge in [0.15, 0.2) is 12.1 Å². The van der Waals surface area contributed by atoms with E-state index in [9.17, 15) is 30.0 Å². The van der Waals surface area contributed by atoms with Gasteiger partial charge in [0, 0.05) is 29.7 Å². The van der Waals surface area contributed by atoms with E-state index in [2.05, 4.69) is 20.2 Å². The normalized spacial score (nSPS) is 33.2. The van der Waals surface area contributed by atoms with Crippen molar-refractivity contribution in [1.82, 2.24) is 29.8 Å². The molecule has 5 rings (SSSR count). The second-order valence-corrected chi connectivity index (χ2v) is 16.8. The van der Waals surface area contributed by atoms with Crippen molar-refractivity contribution in [3.8, 4) is 5.69 Å². The number of pyridine rings is 1. The van der Waals surface area contributed by atoms with E-state index in [1.54, 1.807) is 55.9 Å². The Hall–Kier alpha value is -3.93. The van der Waals surface area contributed by atoms with Crippen LogP contribution in [0.15, 0.2) is 66.5 Å². The SMILES string of the molecule is CC[C@H]1OC(=O)C[C@@H](O)[C@H](C)[C@@H](O[C@@H]2O[C@H](C)[C@@H](O)[C@H](N(C)C)[C@H]2O)[C@@H](CCN(C)Cc2cn(-c3cnc4ccccc4c3)nn2)C[C@@H](C)C(=O)/C=C/C(C)=C/[C@@H]1CO. The third kappa shape index (κ3) is 11.9. The van der Waals surface area contributed by atoms with E-state index in [0.29, 0.717) is 32.4 Å². The zero-order valence-corrected chi connectivity index (χ0v) is 35.7. The Bertz CT molecular complexity index is 1900. The van der Waals surface area contributed by atoms with Gasteiger partial charge in [0.2, 0.25) is 0 Å². The maximum absolute atomic E-state index is 13.7. The molecule has 15 heteroatoms. The van der Waals surface area contributed by atoms with Crippen LogP contribution < -0.4 is 0 Å². The quantitative estimate of drug-likeness (QED) is 0.206. The maximum atomic E-state index is 13.7. The minimum atomic E-state index is -1.26. The molecule has 2 aromatic heterocycles. The van der Waals surface area contributed by atoms with Crippen molar-refractivity contribution in [2.75, 3.05) is 34.3 Å². The maximum Gasteiger partial charge on any atom is 0.308 e. The van der Waals surface area contributed by atoms with Crippen LogP contribution >= 0.6 is 0 Å². The monoisotopic (exact) mass is 820 g/mol. The standard InChI is InChI=1S/C44H64N6O9/c1-9-38-32(25-51)18-26(2)14-15-36(52)27(3)19-31(16-17-49(8)23-33-24-50(47-46-33)34-20-30-12-10-11-13-35(30)45-22-34)43(28(4)37(53)21-39(54)58-38)59-44-42(56)40(48(6)7)41(55)29(5)57-44/h10-15,18,20,22,24,27-29,31-32,37-38,40-44,51,53,55-56H,9,16-17,19,21,23,25H2,1-8H3/b15-14+,26-18+/t27-,28+,29-,31+,32-,37-,38-,40+,41-,42-,43-,44+/m1/s1. The van der Waals surface area contributed by atoms with Crippen molar-refractivity contribution in [2.24, 2.45) is 23.7 Å². The van der Waals surface area contributed by atoms with Crippen molar-refractivity contribution in [3.63, 3.8) is 0 Å². The van der Waals surface area contributed by atoms with Gasteiger partial charge in [-0.25, -0.2) is 4.68 Å². The number of esters is 1. The number of ether oxygens (including phenoxy) is 3. The van der Waals surface area contributed by atoms with Crippen LogP contribution in [0.25, 0.3) is 16.6 Å². The van der Waals surface area contributed by atoms with Crippen LogP contribution in [-0.4, -0.2) is 145 Å². The Labute approximate surface area is 347 Å². The molecular formula is C44H64N6O9. The lowest BCUT2D eigenvalue weighted by molar-refractivity contribution is -0.304. The van der Waals surface area contributed by atoms with E-state index in [1.807, 2.05) is 64.3 Å². The molecule has 0 aliphatic carbocycles. The van der Waals surface area contributed by atoms with Crippen LogP contribution in [0.5, 0.6) is 0 Å². The number of allylic oxidation sites excluding steroid dienone is 3. The van der Waals surface area contributed by atoms with Gasteiger partial charge in [-0.05, 0) is 84.9 Å². The minimum absolute atomic E-state index is 0.104. The third-order valence-electron chi connectivity index (χ3n) is 11.9. The highest BCUT2D eigenvalue weighted by molar-refractivity contribution is 5.91. The molecule has 0 unspecified atom stereocenters. The molecule has 4 heterocycles. The fourth-order valence-corrected chi connectivity index (χ4v) is 8.28. The zero-order chi connectivity index (χ0) is 43.0. The Morgan fingerprint density at radius 3 is 2.49 bits per heavy atom. The molecule has 12 atom stereocenters. The van der Waals surface area contributed by atoms with Gasteiger partial charge in [-0.3, -0.25) is 14.6 Å². The first-order valence-electron chi connectivity index (χ1n) is 20.8. The average molecular weight is 821 g/mol. The number of hydrogen-bond acceptors (Lipinski definition) is 14. The number of rotatable bonds is 11. The van der Waals surface area contributed by atoms with Gasteiger partial charge in [0.1, 0.15) is 12.2 Å². The number of para-hydroxylation sites is 1. The number of hydrogen-bond donors (Lipinski definition) is 4. The first kappa shape index (κ1) is 46.1. The second kappa shape index (κ2) is 21.0. The van der Waals surface area contributed by atoms with Crippen molar-refractivity contribution in [2.45, 2.75) is 116 Å². The summed E-state index contributed by atoms with van der Waals surface area (Å²) in [5.74, 6) is -2.78. The molecule has 0 bridgehead atoms. The van der Waals surface area contributed by atoms with Gasteiger partial charge in [-0.2, -0.15) is 0 Å². The van der Waals surface area contributed by atoms with Crippen molar-refractivity contribution < 1.29 is 44.2 Å². The first-order valence-corrected chi connectivity index (χ1v) is 20.8. The number of cyclic esters (lactones) is 1. The Kier molecular flexibility index (Phi) is 16.5. The Morgan fingerprint density at radius 2 is 1.78 bits per heavy atom. The lowest BCUT2D eigenvalue weighted by Gasteiger charge is -2.46. The van der Waals surface area contributed by atoms with Gasteiger partial charge in [-0.1, -0.05) is 61.9 Å². The third-order valence-corrected chi connectivity index (χ3v) is 11.9. The molecule has 1 aromatic carbocycles. The molecule has 2 aliphatic rings. The molecule has 324 valence electrons. The van der Waals surface area contributed by atoms with E-state index in [-0.39, 0.29) is 24.7 Å². The van der Waals surface area contributed by atoms with Crippen molar-refractivity contribution >= 4 is 22.7 Å². The van der Waals surface area contributed by atoms with Gasteiger partial charge < -0.3 is 44.4 Å². The van der Waals surface area contributed by atoms with Crippen LogP contribution in [-0.2, 0) is 30.3 Å². The molecule has 1 fully saturated rings. The number of aromatic nitrogens is 4. The molecule has 3 aromatic rings. The molecule has 2 aliphatic heterocycles. The number of likely N-dealkylation sites (N-methyl/N-ethyl adjacent to an activating group) is 1. The lowest BCUT2D eigenvalue weighted by Crippen LogP contribution is -2.63. The summed E-state index contributed by atoms with van der Waals surface area (Å²) in [5.41, 5.74) is 3.15. The van der Waals surface area contributed by atoms with E-state index >= 15 is 0 Å². The number of fused-ring (bicyclic) bond motifs is 1. The number of aliphatic hydroxyl groups excluding tert-OH is 4. The van der Waals surface area contributed by atoms with Crippen LogP contribution in [0.2, 0.25) is 0 Å². The predicted octanol–water partition coefficient (Wildman–Crippen LogP) is 3.46. The smallest absolute Gasteiger partial charge is 0.308 e. The van der Waals surface area contributed by atoms with E-state index in [0.717, 1.165) is 27.9 Å². The largest absolute Gasteiger partial charge is 0.462 e. The van der Waals surface area contributed by atoms with Crippen LogP contribution in [0.1, 0.15) is 66.0 Å². The summed E-state index contributed by atoms with van der Waals surface area (Å²) in [6.45, 7) is 9.76. The number of carbonyl (C=O) groups is 2. The molecule has 1 saturated heterocycles. The molecule has 59 heavy (non-hydrogen) atoms. The minimum Gasteiger partial charge on any atom is -0.462 e. The lowest BCUT2D eigenvalue weighted by atomic mass is 9.79. The summed E-state index contributed by atoms with van der Waals surface area (Å²) >= 11 is 0. The molecule has 0 amide bonds. The molecular weight excluding hydrogens is 757 g/mol. The Balaban J connectivity index is 1.44. The fourth-order valence-electron chi connectivity index (χ4n) is 8.28. The highest BCUT2D eigenvalue weighted by Gasteiger charge is 2.47. The summed E-state index contributed by atoms with van der Waals surface area (Å²) in [7, 11) is 5.48. The number of aliphatic hydroxyl groups is 4. The van der Waals surface area contributed by atoms with E-state index in [1.165, 1.54) is 6.08 Å². The van der Waals surface area contributed by atoms with Crippen LogP contribution in [0.4, 0.5) is 0 Å². The van der Waals surface area contributed by atoms with Gasteiger partial charge >= 0.3 is 5.97 Å². The first-order chi connectivity index (χ1) is 28.1. The predicted molar refractivity (Wildman–Crippen MR) is 222 cm³/mol. The summed E-state index contributed by atoms with van der Waals surface area (Å²) in [6.07, 6.45) is 2.79. The van der Waals surface area contributed by atoms with Crippen LogP contribution in [0.3, 0.4) is 0 Å². The van der Waals surface area contributed by atoms with Gasteiger partial charge in [-0.15, -0.1) is 5.10 Å². The molecule has 0 saturated carbocycles. The van der Waals surface area contributed by atoms with E-state index < -0.39 is 72.7 Å². The summed E-state index contributed by atoms with van der Waals surface area (Å²) in [5, 5.41) is 54.2. The summed E-state index contributed by atoms with van der Waals surface area (Å²) < 4.78 is 20.4. The van der Waals surface area contributed by atoms with Gasteiger partial charge in [0.05, 0.1) is 72.8 Å². The summed E-state index contributed by atoms with van der Waals surface area (Å²) in [4.78, 5) is 35.5. The topological polar surface area (TPSA) is 193 Å². The highest BCUT2D eigenvalue weighted by atomic mass is 16.7. The number of benzene rings is 1. The Morgan fingerprint density at radius 1 is 1.03 bits per heavy atom. The van der Waals surface area contributed by atoms with Crippen LogP contribution in [0, 0.1) is 23.7 Å². The number of nitrogens with zero attached hydrogens (tertiary/aromatic N) is 6. The molecule has 4 N–H and O–H groups in total.